The fourth-order valence-electron chi connectivity index (χ4n) is 3.72. The van der Waals surface area contributed by atoms with Crippen molar-refractivity contribution >= 4 is 29.1 Å². The summed E-state index contributed by atoms with van der Waals surface area (Å²) in [5, 5.41) is 2.30. The first-order valence-electron chi connectivity index (χ1n) is 8.98. The summed E-state index contributed by atoms with van der Waals surface area (Å²) in [5.74, 6) is -1.07. The standard InChI is InChI=1S/C19H23N3O4/c1-3-4-6-12(11-23)13-7-5-8-14-17(13)21(2)19(26)22(14)15-9-10-16(24)20-18(15)25/h5,7-8,11-12,15H,3-4,6,9-10H2,1-2H3,(H,20,24,25). The van der Waals surface area contributed by atoms with Gasteiger partial charge in [-0.05, 0) is 24.5 Å². The Labute approximate surface area is 151 Å². The van der Waals surface area contributed by atoms with E-state index in [1.807, 2.05) is 12.1 Å². The van der Waals surface area contributed by atoms with Crippen LogP contribution in [0.4, 0.5) is 0 Å². The second-order valence-electron chi connectivity index (χ2n) is 6.78. The van der Waals surface area contributed by atoms with Crippen LogP contribution in [-0.2, 0) is 21.4 Å². The Kier molecular flexibility index (Phi) is 5.06. The van der Waals surface area contributed by atoms with Crippen LogP contribution in [0.5, 0.6) is 0 Å². The molecule has 2 heterocycles. The summed E-state index contributed by atoms with van der Waals surface area (Å²) < 4.78 is 2.94. The lowest BCUT2D eigenvalue weighted by atomic mass is 9.93. The molecule has 0 aliphatic carbocycles. The van der Waals surface area contributed by atoms with Crippen LogP contribution in [0.25, 0.3) is 11.0 Å². The van der Waals surface area contributed by atoms with Gasteiger partial charge in [0.05, 0.1) is 11.0 Å². The number of carbonyl (C=O) groups excluding carboxylic acids is 3. The van der Waals surface area contributed by atoms with Crippen molar-refractivity contribution in [1.29, 1.82) is 0 Å². The van der Waals surface area contributed by atoms with Crippen molar-refractivity contribution in [2.45, 2.75) is 51.0 Å². The summed E-state index contributed by atoms with van der Waals surface area (Å²) >= 11 is 0. The molecule has 1 aromatic carbocycles. The van der Waals surface area contributed by atoms with E-state index < -0.39 is 11.9 Å². The van der Waals surface area contributed by atoms with Gasteiger partial charge in [0, 0.05) is 19.4 Å². The Morgan fingerprint density at radius 2 is 2.08 bits per heavy atom. The highest BCUT2D eigenvalue weighted by Gasteiger charge is 2.32. The quantitative estimate of drug-likeness (QED) is 0.630. The van der Waals surface area contributed by atoms with Crippen molar-refractivity contribution in [2.75, 3.05) is 0 Å². The molecule has 0 spiro atoms. The number of hydrogen-bond donors (Lipinski definition) is 1. The van der Waals surface area contributed by atoms with Gasteiger partial charge in [-0.3, -0.25) is 24.0 Å². The summed E-state index contributed by atoms with van der Waals surface area (Å²) in [4.78, 5) is 48.2. The number of para-hydroxylation sites is 1. The monoisotopic (exact) mass is 357 g/mol. The van der Waals surface area contributed by atoms with E-state index >= 15 is 0 Å². The Bertz CT molecular complexity index is 925. The summed E-state index contributed by atoms with van der Waals surface area (Å²) in [6, 6.07) is 4.74. The molecule has 1 saturated heterocycles. The highest BCUT2D eigenvalue weighted by molar-refractivity contribution is 6.00. The predicted molar refractivity (Wildman–Crippen MR) is 96.9 cm³/mol. The van der Waals surface area contributed by atoms with E-state index in [1.54, 1.807) is 13.1 Å². The van der Waals surface area contributed by atoms with Crippen LogP contribution in [0.15, 0.2) is 23.0 Å². The molecule has 26 heavy (non-hydrogen) atoms. The largest absolute Gasteiger partial charge is 0.329 e. The number of unbranched alkanes of at least 4 members (excludes halogenated alkanes) is 1. The third-order valence-electron chi connectivity index (χ3n) is 5.09. The third kappa shape index (κ3) is 2.98. The first-order chi connectivity index (χ1) is 12.5. The van der Waals surface area contributed by atoms with Crippen molar-refractivity contribution in [2.24, 2.45) is 7.05 Å². The number of imidazole rings is 1. The zero-order chi connectivity index (χ0) is 18.8. The van der Waals surface area contributed by atoms with Crippen LogP contribution in [-0.4, -0.2) is 27.2 Å². The number of benzene rings is 1. The Hall–Kier alpha value is -2.70. The van der Waals surface area contributed by atoms with Gasteiger partial charge in [-0.2, -0.15) is 0 Å². The topological polar surface area (TPSA) is 90.2 Å². The maximum atomic E-state index is 12.9. The molecule has 1 N–H and O–H groups in total. The van der Waals surface area contributed by atoms with Crippen LogP contribution < -0.4 is 11.0 Å². The van der Waals surface area contributed by atoms with Gasteiger partial charge in [0.2, 0.25) is 11.8 Å². The molecule has 1 fully saturated rings. The van der Waals surface area contributed by atoms with Crippen molar-refractivity contribution in [1.82, 2.24) is 14.5 Å². The Morgan fingerprint density at radius 3 is 2.73 bits per heavy atom. The second-order valence-corrected chi connectivity index (χ2v) is 6.78. The summed E-state index contributed by atoms with van der Waals surface area (Å²) in [6.07, 6.45) is 4.04. The van der Waals surface area contributed by atoms with Crippen molar-refractivity contribution < 1.29 is 14.4 Å². The second kappa shape index (κ2) is 7.27. The SMILES string of the molecule is CCCCC(C=O)c1cccc2c1n(C)c(=O)n2C1CCC(=O)NC1=O. The lowest BCUT2D eigenvalue weighted by Crippen LogP contribution is -2.44. The van der Waals surface area contributed by atoms with Crippen LogP contribution in [0.2, 0.25) is 0 Å². The number of amides is 2. The minimum absolute atomic E-state index is 0.201. The predicted octanol–water partition coefficient (Wildman–Crippen LogP) is 1.79. The van der Waals surface area contributed by atoms with Crippen molar-refractivity contribution in [3.05, 3.63) is 34.2 Å². The Morgan fingerprint density at radius 1 is 1.31 bits per heavy atom. The van der Waals surface area contributed by atoms with E-state index in [0.29, 0.717) is 17.5 Å². The van der Waals surface area contributed by atoms with E-state index in [0.717, 1.165) is 31.1 Å². The van der Waals surface area contributed by atoms with Gasteiger partial charge in [0.1, 0.15) is 12.3 Å². The number of nitrogens with zero attached hydrogens (tertiary/aromatic N) is 2. The average molecular weight is 357 g/mol. The van der Waals surface area contributed by atoms with Gasteiger partial charge in [-0.25, -0.2) is 4.79 Å². The number of fused-ring (bicyclic) bond motifs is 1. The van der Waals surface area contributed by atoms with E-state index in [1.165, 1.54) is 9.13 Å². The van der Waals surface area contributed by atoms with Gasteiger partial charge >= 0.3 is 5.69 Å². The minimum atomic E-state index is -0.718. The number of hydrogen-bond acceptors (Lipinski definition) is 4. The first-order valence-corrected chi connectivity index (χ1v) is 8.98. The van der Waals surface area contributed by atoms with Crippen molar-refractivity contribution in [3.8, 4) is 0 Å². The number of nitrogens with one attached hydrogen (secondary N) is 1. The number of aryl methyl sites for hydroxylation is 1. The van der Waals surface area contributed by atoms with Crippen LogP contribution >= 0.6 is 0 Å². The molecular weight excluding hydrogens is 334 g/mol. The lowest BCUT2D eigenvalue weighted by Gasteiger charge is -2.22. The normalized spacial score (nSPS) is 18.8. The molecule has 7 heteroatoms. The third-order valence-corrected chi connectivity index (χ3v) is 5.09. The number of imide groups is 1. The lowest BCUT2D eigenvalue weighted by molar-refractivity contribution is -0.135. The molecule has 2 atom stereocenters. The highest BCUT2D eigenvalue weighted by atomic mass is 16.2. The van der Waals surface area contributed by atoms with E-state index in [2.05, 4.69) is 12.2 Å². The summed E-state index contributed by atoms with van der Waals surface area (Å²) in [6.45, 7) is 2.07. The first kappa shape index (κ1) is 18.1. The zero-order valence-corrected chi connectivity index (χ0v) is 15.0. The van der Waals surface area contributed by atoms with Gasteiger partial charge < -0.3 is 4.79 Å². The molecule has 138 valence electrons. The van der Waals surface area contributed by atoms with Gasteiger partial charge in [0.25, 0.3) is 0 Å². The molecule has 2 aromatic rings. The molecule has 2 amide bonds. The molecule has 2 unspecified atom stereocenters. The van der Waals surface area contributed by atoms with E-state index in [9.17, 15) is 19.2 Å². The molecule has 1 aliphatic heterocycles. The fourth-order valence-corrected chi connectivity index (χ4v) is 3.72. The maximum Gasteiger partial charge on any atom is 0.329 e. The van der Waals surface area contributed by atoms with Crippen molar-refractivity contribution in [3.63, 3.8) is 0 Å². The average Bonchev–Trinajstić information content (AvgIpc) is 2.88. The molecular formula is C19H23N3O4. The number of carbonyl (C=O) groups is 3. The van der Waals surface area contributed by atoms with Gasteiger partial charge in [-0.1, -0.05) is 31.9 Å². The highest BCUT2D eigenvalue weighted by Crippen LogP contribution is 2.30. The molecule has 1 aliphatic rings. The molecule has 1 aromatic heterocycles. The number of piperidine rings is 1. The van der Waals surface area contributed by atoms with Crippen LogP contribution in [0.1, 0.15) is 56.6 Å². The van der Waals surface area contributed by atoms with E-state index in [-0.39, 0.29) is 23.9 Å². The molecule has 0 bridgehead atoms. The summed E-state index contributed by atoms with van der Waals surface area (Å²) in [5.41, 5.74) is 1.78. The molecule has 3 rings (SSSR count). The summed E-state index contributed by atoms with van der Waals surface area (Å²) in [7, 11) is 1.65. The molecule has 0 saturated carbocycles. The Balaban J connectivity index is 2.16. The number of rotatable bonds is 6. The van der Waals surface area contributed by atoms with Crippen LogP contribution in [0, 0.1) is 0 Å². The number of aromatic nitrogens is 2. The smallest absolute Gasteiger partial charge is 0.303 e. The molecule has 7 nitrogen and oxygen atoms in total. The fraction of sp³-hybridized carbons (Fsp3) is 0.474. The number of aldehydes is 1. The minimum Gasteiger partial charge on any atom is -0.303 e. The van der Waals surface area contributed by atoms with E-state index in [4.69, 9.17) is 0 Å². The molecule has 0 radical (unpaired) electrons. The van der Waals surface area contributed by atoms with Gasteiger partial charge in [-0.15, -0.1) is 0 Å². The van der Waals surface area contributed by atoms with Crippen LogP contribution in [0.3, 0.4) is 0 Å². The maximum absolute atomic E-state index is 12.9. The zero-order valence-electron chi connectivity index (χ0n) is 15.0. The van der Waals surface area contributed by atoms with Gasteiger partial charge in [0.15, 0.2) is 0 Å².